The Morgan fingerprint density at radius 3 is 2.53 bits per heavy atom. The summed E-state index contributed by atoms with van der Waals surface area (Å²) < 4.78 is 14.7. The fourth-order valence-electron chi connectivity index (χ4n) is 1.66. The van der Waals surface area contributed by atoms with Crippen molar-refractivity contribution in [3.05, 3.63) is 63.0 Å². The average molecular weight is 435 g/mol. The molecule has 2 nitrogen and oxygen atoms in total. The average Bonchev–Trinajstić information content (AvgIpc) is 2.40. The Kier molecular flexibility index (Phi) is 5.59. The molecule has 0 saturated carbocycles. The fourth-order valence-corrected chi connectivity index (χ4v) is 3.60. The lowest BCUT2D eigenvalue weighted by Gasteiger charge is -2.10. The number of rotatable bonds is 5. The summed E-state index contributed by atoms with van der Waals surface area (Å²) in [6.07, 6.45) is 0. The van der Waals surface area contributed by atoms with Gasteiger partial charge in [-0.3, -0.25) is 0 Å². The second-order valence-corrected chi connectivity index (χ2v) is 5.74. The van der Waals surface area contributed by atoms with E-state index in [2.05, 4.69) is 49.4 Å². The predicted octanol–water partition coefficient (Wildman–Crippen LogP) is 4.44. The van der Waals surface area contributed by atoms with E-state index < -0.39 is 0 Å². The van der Waals surface area contributed by atoms with Gasteiger partial charge in [0.2, 0.25) is 0 Å². The summed E-state index contributed by atoms with van der Waals surface area (Å²) in [5.41, 5.74) is 8.76. The van der Waals surface area contributed by atoms with Gasteiger partial charge in [-0.1, -0.05) is 34.1 Å². The molecule has 0 fully saturated rings. The summed E-state index contributed by atoms with van der Waals surface area (Å²) in [6.45, 7) is 0.560. The molecule has 0 aliphatic carbocycles. The zero-order chi connectivity index (χ0) is 13.7. The Morgan fingerprint density at radius 1 is 1.16 bits per heavy atom. The number of anilines is 1. The first-order valence-corrected chi connectivity index (χ1v) is 7.97. The Hall–Kier alpha value is -0.660. The van der Waals surface area contributed by atoms with Crippen LogP contribution in [0.1, 0.15) is 11.1 Å². The molecule has 0 heterocycles. The molecule has 0 aliphatic heterocycles. The normalized spacial score (nSPS) is 10.5. The molecular weight excluding hydrogens is 422 g/mol. The molecule has 100 valence electrons. The van der Waals surface area contributed by atoms with Gasteiger partial charge in [-0.15, -0.1) is 0 Å². The molecule has 0 aromatic heterocycles. The van der Waals surface area contributed by atoms with Crippen LogP contribution in [0.2, 0.25) is 0 Å². The van der Waals surface area contributed by atoms with Crippen LogP contribution in [0.25, 0.3) is 0 Å². The quantitative estimate of drug-likeness (QED) is 0.413. The minimum Gasteiger partial charge on any atom is -0.321 e. The van der Waals surface area contributed by atoms with Gasteiger partial charge in [-0.05, 0) is 52.4 Å². The molecule has 0 radical (unpaired) electrons. The van der Waals surface area contributed by atoms with Gasteiger partial charge in [0.1, 0.15) is 5.82 Å². The SMILES string of the molecule is Fc1cc(CNNc2ccccc2)cc(I)c1CBr. The Bertz CT molecular complexity index is 525. The third-order valence-electron chi connectivity index (χ3n) is 2.63. The summed E-state index contributed by atoms with van der Waals surface area (Å²) in [5.74, 6) is -0.166. The van der Waals surface area contributed by atoms with Crippen LogP contribution in [-0.2, 0) is 11.9 Å². The summed E-state index contributed by atoms with van der Waals surface area (Å²) in [4.78, 5) is 0. The van der Waals surface area contributed by atoms with E-state index in [4.69, 9.17) is 0 Å². The molecule has 0 unspecified atom stereocenters. The van der Waals surface area contributed by atoms with Crippen LogP contribution in [0.3, 0.4) is 0 Å². The number of halogens is 3. The van der Waals surface area contributed by atoms with Gasteiger partial charge in [0, 0.05) is 26.7 Å². The highest BCUT2D eigenvalue weighted by molar-refractivity contribution is 14.1. The van der Waals surface area contributed by atoms with Crippen LogP contribution in [0.5, 0.6) is 0 Å². The topological polar surface area (TPSA) is 24.1 Å². The first-order chi connectivity index (χ1) is 9.20. The maximum Gasteiger partial charge on any atom is 0.128 e. The van der Waals surface area contributed by atoms with E-state index in [1.807, 2.05) is 36.4 Å². The lowest BCUT2D eigenvalue weighted by atomic mass is 10.1. The van der Waals surface area contributed by atoms with Crippen molar-refractivity contribution in [1.82, 2.24) is 5.43 Å². The number of nitrogens with one attached hydrogen (secondary N) is 2. The first kappa shape index (κ1) is 14.7. The van der Waals surface area contributed by atoms with Crippen molar-refractivity contribution < 1.29 is 4.39 Å². The van der Waals surface area contributed by atoms with Crippen molar-refractivity contribution >= 4 is 44.2 Å². The summed E-state index contributed by atoms with van der Waals surface area (Å²) in [5, 5.41) is 0.535. The molecule has 0 bridgehead atoms. The largest absolute Gasteiger partial charge is 0.321 e. The molecule has 19 heavy (non-hydrogen) atoms. The number of hydrogen-bond donors (Lipinski definition) is 2. The molecule has 2 aromatic carbocycles. The molecule has 0 atom stereocenters. The number of para-hydroxylation sites is 1. The number of alkyl halides is 1. The van der Waals surface area contributed by atoms with Gasteiger partial charge >= 0.3 is 0 Å². The Morgan fingerprint density at radius 2 is 1.89 bits per heavy atom. The van der Waals surface area contributed by atoms with E-state index in [0.29, 0.717) is 17.4 Å². The van der Waals surface area contributed by atoms with Gasteiger partial charge in [0.25, 0.3) is 0 Å². The van der Waals surface area contributed by atoms with E-state index in [9.17, 15) is 4.39 Å². The highest BCUT2D eigenvalue weighted by Gasteiger charge is 2.07. The minimum absolute atomic E-state index is 0.166. The molecule has 2 N–H and O–H groups in total. The third kappa shape index (κ3) is 4.15. The molecule has 2 aromatic rings. The molecule has 0 saturated heterocycles. The van der Waals surface area contributed by atoms with E-state index >= 15 is 0 Å². The van der Waals surface area contributed by atoms with Crippen LogP contribution < -0.4 is 10.9 Å². The monoisotopic (exact) mass is 434 g/mol. The van der Waals surface area contributed by atoms with E-state index in [-0.39, 0.29) is 5.82 Å². The fraction of sp³-hybridized carbons (Fsp3) is 0.143. The number of benzene rings is 2. The second kappa shape index (κ2) is 7.21. The van der Waals surface area contributed by atoms with Crippen molar-refractivity contribution in [2.24, 2.45) is 0 Å². The zero-order valence-corrected chi connectivity index (χ0v) is 13.8. The number of hydrazine groups is 1. The van der Waals surface area contributed by atoms with Crippen LogP contribution in [-0.4, -0.2) is 0 Å². The van der Waals surface area contributed by atoms with Gasteiger partial charge < -0.3 is 5.43 Å². The predicted molar refractivity (Wildman–Crippen MR) is 88.7 cm³/mol. The first-order valence-electron chi connectivity index (χ1n) is 5.77. The van der Waals surface area contributed by atoms with Crippen molar-refractivity contribution in [2.75, 3.05) is 5.43 Å². The second-order valence-electron chi connectivity index (χ2n) is 4.02. The molecule has 5 heteroatoms. The molecule has 2 rings (SSSR count). The summed E-state index contributed by atoms with van der Waals surface area (Å²) >= 11 is 5.45. The van der Waals surface area contributed by atoms with Crippen molar-refractivity contribution in [2.45, 2.75) is 11.9 Å². The van der Waals surface area contributed by atoms with Gasteiger partial charge in [-0.25, -0.2) is 9.82 Å². The molecule has 0 aliphatic rings. The smallest absolute Gasteiger partial charge is 0.128 e. The summed E-state index contributed by atoms with van der Waals surface area (Å²) in [6, 6.07) is 13.4. The van der Waals surface area contributed by atoms with Crippen LogP contribution >= 0.6 is 38.5 Å². The van der Waals surface area contributed by atoms with E-state index in [0.717, 1.165) is 14.8 Å². The Labute approximate surface area is 134 Å². The lowest BCUT2D eigenvalue weighted by Crippen LogP contribution is -2.21. The van der Waals surface area contributed by atoms with Crippen molar-refractivity contribution in [1.29, 1.82) is 0 Å². The third-order valence-corrected chi connectivity index (χ3v) is 4.16. The number of hydrogen-bond acceptors (Lipinski definition) is 2. The van der Waals surface area contributed by atoms with Crippen LogP contribution in [0.4, 0.5) is 10.1 Å². The summed E-state index contributed by atoms with van der Waals surface area (Å²) in [7, 11) is 0. The van der Waals surface area contributed by atoms with Gasteiger partial charge in [-0.2, -0.15) is 0 Å². The van der Waals surface area contributed by atoms with Crippen LogP contribution in [0.15, 0.2) is 42.5 Å². The van der Waals surface area contributed by atoms with Gasteiger partial charge in [0.05, 0.1) is 0 Å². The lowest BCUT2D eigenvalue weighted by molar-refractivity contribution is 0.612. The van der Waals surface area contributed by atoms with E-state index in [1.165, 1.54) is 0 Å². The molecule has 0 amide bonds. The molecule has 0 spiro atoms. The Balaban J connectivity index is 1.97. The van der Waals surface area contributed by atoms with Crippen LogP contribution in [0, 0.1) is 9.39 Å². The van der Waals surface area contributed by atoms with Gasteiger partial charge in [0.15, 0.2) is 0 Å². The maximum absolute atomic E-state index is 13.8. The minimum atomic E-state index is -0.166. The molecular formula is C14H13BrFIN2. The van der Waals surface area contributed by atoms with Crippen molar-refractivity contribution in [3.8, 4) is 0 Å². The standard InChI is InChI=1S/C14H13BrFIN2/c15-8-12-13(16)6-10(7-14(12)17)9-18-19-11-4-2-1-3-5-11/h1-7,18-19H,8-9H2. The maximum atomic E-state index is 13.8. The zero-order valence-electron chi connectivity index (χ0n) is 10.1. The highest BCUT2D eigenvalue weighted by Crippen LogP contribution is 2.21. The highest BCUT2D eigenvalue weighted by atomic mass is 127. The van der Waals surface area contributed by atoms with Crippen molar-refractivity contribution in [3.63, 3.8) is 0 Å². The van der Waals surface area contributed by atoms with E-state index in [1.54, 1.807) is 6.07 Å².